The third kappa shape index (κ3) is 1.75. The van der Waals surface area contributed by atoms with Gasteiger partial charge in [-0.05, 0) is 25.0 Å². The quantitative estimate of drug-likeness (QED) is 0.851. The fraction of sp³-hybridized carbons (Fsp3) is 0.333. The van der Waals surface area contributed by atoms with Crippen molar-refractivity contribution < 1.29 is 5.11 Å². The molecule has 1 N–H and O–H groups in total. The largest absolute Gasteiger partial charge is 0.396 e. The lowest BCUT2D eigenvalue weighted by atomic mass is 10.1. The Morgan fingerprint density at radius 1 is 1.40 bits per heavy atom. The van der Waals surface area contributed by atoms with Gasteiger partial charge in [-0.3, -0.25) is 0 Å². The van der Waals surface area contributed by atoms with E-state index in [4.69, 9.17) is 16.7 Å². The Labute approximate surface area is 94.1 Å². The number of hydrogen-bond donors (Lipinski definition) is 1. The molecule has 0 radical (unpaired) electrons. The van der Waals surface area contributed by atoms with E-state index in [0.29, 0.717) is 6.42 Å². The Hall–Kier alpha value is -0.990. The van der Waals surface area contributed by atoms with Crippen LogP contribution < -0.4 is 0 Å². The number of aromatic nitrogens is 1. The van der Waals surface area contributed by atoms with Gasteiger partial charge in [-0.1, -0.05) is 23.7 Å². The summed E-state index contributed by atoms with van der Waals surface area (Å²) < 4.78 is 2.13. The second-order valence-corrected chi connectivity index (χ2v) is 3.96. The number of benzene rings is 1. The van der Waals surface area contributed by atoms with Crippen molar-refractivity contribution in [3.05, 3.63) is 35.0 Å². The molecule has 0 unspecified atom stereocenters. The van der Waals surface area contributed by atoms with Crippen LogP contribution >= 0.6 is 11.6 Å². The number of aliphatic hydroxyl groups excluding tert-OH is 1. The predicted molar refractivity (Wildman–Crippen MR) is 63.4 cm³/mol. The minimum Gasteiger partial charge on any atom is -0.396 e. The van der Waals surface area contributed by atoms with Crippen molar-refractivity contribution >= 4 is 22.5 Å². The van der Waals surface area contributed by atoms with Gasteiger partial charge in [0.25, 0.3) is 0 Å². The summed E-state index contributed by atoms with van der Waals surface area (Å²) in [6.45, 7) is 3.16. The van der Waals surface area contributed by atoms with Gasteiger partial charge in [0.2, 0.25) is 0 Å². The number of rotatable bonds is 3. The van der Waals surface area contributed by atoms with Crippen LogP contribution in [0.25, 0.3) is 10.9 Å². The van der Waals surface area contributed by atoms with Crippen LogP contribution in [0.15, 0.2) is 24.4 Å². The summed E-state index contributed by atoms with van der Waals surface area (Å²) in [5.74, 6) is 0. The molecule has 80 valence electrons. The van der Waals surface area contributed by atoms with Crippen molar-refractivity contribution in [2.75, 3.05) is 6.61 Å². The Morgan fingerprint density at radius 3 is 2.87 bits per heavy atom. The zero-order valence-corrected chi connectivity index (χ0v) is 9.46. The van der Waals surface area contributed by atoms with Crippen LogP contribution in [-0.2, 0) is 13.0 Å². The van der Waals surface area contributed by atoms with E-state index in [1.54, 1.807) is 0 Å². The summed E-state index contributed by atoms with van der Waals surface area (Å²) >= 11 is 6.17. The van der Waals surface area contributed by atoms with Crippen LogP contribution in [0.5, 0.6) is 0 Å². The molecule has 0 saturated carbocycles. The molecule has 15 heavy (non-hydrogen) atoms. The maximum absolute atomic E-state index is 8.99. The lowest BCUT2D eigenvalue weighted by Gasteiger charge is -2.01. The highest BCUT2D eigenvalue weighted by Crippen LogP contribution is 2.28. The summed E-state index contributed by atoms with van der Waals surface area (Å²) in [6.07, 6.45) is 2.76. The fourth-order valence-electron chi connectivity index (χ4n) is 1.96. The van der Waals surface area contributed by atoms with E-state index in [1.807, 2.05) is 12.1 Å². The van der Waals surface area contributed by atoms with Gasteiger partial charge < -0.3 is 9.67 Å². The third-order valence-electron chi connectivity index (χ3n) is 2.65. The minimum absolute atomic E-state index is 0.176. The molecule has 1 aromatic heterocycles. The van der Waals surface area contributed by atoms with Crippen molar-refractivity contribution in [2.45, 2.75) is 19.9 Å². The van der Waals surface area contributed by atoms with Gasteiger partial charge in [-0.2, -0.15) is 0 Å². The van der Waals surface area contributed by atoms with Crippen molar-refractivity contribution in [1.82, 2.24) is 4.57 Å². The van der Waals surface area contributed by atoms with Crippen LogP contribution in [0.1, 0.15) is 12.5 Å². The second kappa shape index (κ2) is 4.25. The molecule has 0 aliphatic rings. The van der Waals surface area contributed by atoms with Gasteiger partial charge in [-0.25, -0.2) is 0 Å². The molecule has 2 aromatic rings. The van der Waals surface area contributed by atoms with Crippen molar-refractivity contribution in [3.63, 3.8) is 0 Å². The first-order valence-corrected chi connectivity index (χ1v) is 5.52. The molecule has 2 nitrogen and oxygen atoms in total. The van der Waals surface area contributed by atoms with Crippen molar-refractivity contribution in [1.29, 1.82) is 0 Å². The Bertz CT molecular complexity index is 476. The molecule has 3 heteroatoms. The summed E-state index contributed by atoms with van der Waals surface area (Å²) in [5, 5.41) is 10.9. The second-order valence-electron chi connectivity index (χ2n) is 3.55. The van der Waals surface area contributed by atoms with E-state index in [-0.39, 0.29) is 6.61 Å². The van der Waals surface area contributed by atoms with Crippen molar-refractivity contribution in [3.8, 4) is 0 Å². The average Bonchev–Trinajstić information content (AvgIpc) is 2.59. The summed E-state index contributed by atoms with van der Waals surface area (Å²) in [7, 11) is 0. The summed E-state index contributed by atoms with van der Waals surface area (Å²) in [5.41, 5.74) is 2.24. The van der Waals surface area contributed by atoms with Gasteiger partial charge in [0, 0.05) is 24.7 Å². The highest BCUT2D eigenvalue weighted by Gasteiger charge is 2.09. The molecule has 0 bridgehead atoms. The first-order valence-electron chi connectivity index (χ1n) is 5.15. The van der Waals surface area contributed by atoms with Crippen LogP contribution in [0.3, 0.4) is 0 Å². The summed E-state index contributed by atoms with van der Waals surface area (Å²) in [6, 6.07) is 5.91. The van der Waals surface area contributed by atoms with E-state index < -0.39 is 0 Å². The number of hydrogen-bond acceptors (Lipinski definition) is 1. The van der Waals surface area contributed by atoms with Crippen LogP contribution in [0, 0.1) is 0 Å². The molecule has 1 aromatic carbocycles. The monoisotopic (exact) mass is 223 g/mol. The fourth-order valence-corrected chi connectivity index (χ4v) is 2.24. The molecule has 0 amide bonds. The molecule has 0 saturated heterocycles. The van der Waals surface area contributed by atoms with Gasteiger partial charge >= 0.3 is 0 Å². The Morgan fingerprint density at radius 2 is 2.20 bits per heavy atom. The molecule has 0 fully saturated rings. The van der Waals surface area contributed by atoms with Gasteiger partial charge in [0.1, 0.15) is 0 Å². The topological polar surface area (TPSA) is 25.2 Å². The van der Waals surface area contributed by atoms with Gasteiger partial charge in [-0.15, -0.1) is 0 Å². The SMILES string of the molecule is CCn1cc(CCO)c2cccc(Cl)c21. The van der Waals surface area contributed by atoms with Gasteiger partial charge in [0.15, 0.2) is 0 Å². The maximum atomic E-state index is 8.99. The lowest BCUT2D eigenvalue weighted by molar-refractivity contribution is 0.300. The standard InChI is InChI=1S/C12H14ClNO/c1-2-14-8-9(6-7-15)10-4-3-5-11(13)12(10)14/h3-5,8,15H,2,6-7H2,1H3. The number of aliphatic hydroxyl groups is 1. The zero-order valence-electron chi connectivity index (χ0n) is 8.70. The molecule has 0 atom stereocenters. The van der Waals surface area contributed by atoms with E-state index in [9.17, 15) is 0 Å². The van der Waals surface area contributed by atoms with E-state index >= 15 is 0 Å². The van der Waals surface area contributed by atoms with E-state index in [1.165, 1.54) is 0 Å². The van der Waals surface area contributed by atoms with Crippen molar-refractivity contribution in [2.24, 2.45) is 0 Å². The zero-order chi connectivity index (χ0) is 10.8. The Balaban J connectivity index is 2.69. The number of nitrogens with zero attached hydrogens (tertiary/aromatic N) is 1. The molecule has 2 rings (SSSR count). The minimum atomic E-state index is 0.176. The summed E-state index contributed by atoms with van der Waals surface area (Å²) in [4.78, 5) is 0. The normalized spacial score (nSPS) is 11.1. The first kappa shape index (κ1) is 10.5. The van der Waals surface area contributed by atoms with E-state index in [2.05, 4.69) is 23.8 Å². The Kier molecular flexibility index (Phi) is 2.98. The predicted octanol–water partition coefficient (Wildman–Crippen LogP) is 2.85. The third-order valence-corrected chi connectivity index (χ3v) is 2.96. The highest BCUT2D eigenvalue weighted by atomic mass is 35.5. The molecular weight excluding hydrogens is 210 g/mol. The van der Waals surface area contributed by atoms with Crippen LogP contribution in [-0.4, -0.2) is 16.3 Å². The molecule has 0 aliphatic carbocycles. The maximum Gasteiger partial charge on any atom is 0.0672 e. The number of para-hydroxylation sites is 1. The molecular formula is C12H14ClNO. The average molecular weight is 224 g/mol. The smallest absolute Gasteiger partial charge is 0.0672 e. The molecule has 1 heterocycles. The van der Waals surface area contributed by atoms with Crippen LogP contribution in [0.4, 0.5) is 0 Å². The number of fused-ring (bicyclic) bond motifs is 1. The lowest BCUT2D eigenvalue weighted by Crippen LogP contribution is -1.91. The van der Waals surface area contributed by atoms with Crippen LogP contribution in [0.2, 0.25) is 5.02 Å². The highest BCUT2D eigenvalue weighted by molar-refractivity contribution is 6.35. The number of halogens is 1. The molecule has 0 aliphatic heterocycles. The molecule has 0 spiro atoms. The number of aryl methyl sites for hydroxylation is 1. The van der Waals surface area contributed by atoms with Gasteiger partial charge in [0.05, 0.1) is 10.5 Å². The first-order chi connectivity index (χ1) is 7.27. The van der Waals surface area contributed by atoms with E-state index in [0.717, 1.165) is 28.0 Å².